The van der Waals surface area contributed by atoms with Crippen LogP contribution < -0.4 is 5.32 Å². The topological polar surface area (TPSA) is 193 Å². The van der Waals surface area contributed by atoms with Crippen molar-refractivity contribution in [1.29, 1.82) is 0 Å². The van der Waals surface area contributed by atoms with E-state index in [1.54, 1.807) is 0 Å². The first-order valence-corrected chi connectivity index (χ1v) is 11.1. The van der Waals surface area contributed by atoms with Gasteiger partial charge in [-0.25, -0.2) is 19.5 Å². The van der Waals surface area contributed by atoms with Gasteiger partial charge in [0.1, 0.15) is 31.2 Å². The SMILES string of the molecule is O=[N+]([O-])OC[C@H]1O[C@@H](n2cnc3c(N[C@@H]4CCC[C@H]4O)ncnc32)[C@@H]2OP(=O)(O)O[C@@H]21. The molecule has 16 heteroatoms. The molecule has 168 valence electrons. The summed E-state index contributed by atoms with van der Waals surface area (Å²) in [7, 11) is -4.35. The van der Waals surface area contributed by atoms with Gasteiger partial charge in [-0.05, 0) is 19.3 Å². The van der Waals surface area contributed by atoms with Crippen LogP contribution in [0.15, 0.2) is 12.7 Å². The molecule has 2 saturated heterocycles. The Morgan fingerprint density at radius 3 is 2.87 bits per heavy atom. The van der Waals surface area contributed by atoms with E-state index in [0.29, 0.717) is 23.4 Å². The maximum Gasteiger partial charge on any atom is 0.473 e. The molecule has 15 nitrogen and oxygen atoms in total. The fourth-order valence-corrected chi connectivity index (χ4v) is 5.35. The van der Waals surface area contributed by atoms with Gasteiger partial charge in [-0.15, -0.1) is 10.1 Å². The van der Waals surface area contributed by atoms with Crippen LogP contribution in [0.2, 0.25) is 0 Å². The maximum atomic E-state index is 12.0. The minimum Gasteiger partial charge on any atom is -0.391 e. The number of hydrogen-bond donors (Lipinski definition) is 3. The Morgan fingerprint density at radius 1 is 1.32 bits per heavy atom. The van der Waals surface area contributed by atoms with Crippen LogP contribution in [-0.4, -0.2) is 71.7 Å². The van der Waals surface area contributed by atoms with E-state index in [2.05, 4.69) is 25.1 Å². The average Bonchev–Trinajstić information content (AvgIpc) is 3.44. The molecule has 4 heterocycles. The molecular formula is C15H19N6O9P. The largest absolute Gasteiger partial charge is 0.473 e. The number of imidazole rings is 1. The highest BCUT2D eigenvalue weighted by molar-refractivity contribution is 7.47. The van der Waals surface area contributed by atoms with Gasteiger partial charge in [0, 0.05) is 0 Å². The number of aliphatic hydroxyl groups excluding tert-OH is 1. The molecule has 3 fully saturated rings. The minimum atomic E-state index is -4.35. The number of aromatic nitrogens is 4. The number of phosphoric acid groups is 1. The first kappa shape index (κ1) is 20.5. The van der Waals surface area contributed by atoms with Crippen molar-refractivity contribution in [3.63, 3.8) is 0 Å². The lowest BCUT2D eigenvalue weighted by molar-refractivity contribution is -0.759. The Balaban J connectivity index is 1.45. The van der Waals surface area contributed by atoms with Gasteiger partial charge in [-0.2, -0.15) is 0 Å². The molecule has 2 aromatic heterocycles. The van der Waals surface area contributed by atoms with Crippen molar-refractivity contribution in [3.8, 4) is 0 Å². The van der Waals surface area contributed by atoms with Gasteiger partial charge in [0.25, 0.3) is 5.09 Å². The molecule has 1 unspecified atom stereocenters. The van der Waals surface area contributed by atoms with Crippen molar-refractivity contribution in [2.45, 2.75) is 55.9 Å². The van der Waals surface area contributed by atoms with E-state index >= 15 is 0 Å². The fourth-order valence-electron chi connectivity index (χ4n) is 4.20. The number of phosphoric ester groups is 1. The predicted octanol–water partition coefficient (Wildman–Crippen LogP) is 0.142. The summed E-state index contributed by atoms with van der Waals surface area (Å²) < 4.78 is 29.4. The van der Waals surface area contributed by atoms with Gasteiger partial charge < -0.3 is 24.9 Å². The molecular weight excluding hydrogens is 439 g/mol. The van der Waals surface area contributed by atoms with Gasteiger partial charge in [0.05, 0.1) is 18.5 Å². The first-order chi connectivity index (χ1) is 14.8. The molecule has 0 radical (unpaired) electrons. The third-order valence-electron chi connectivity index (χ3n) is 5.57. The lowest BCUT2D eigenvalue weighted by Crippen LogP contribution is -2.32. The van der Waals surface area contributed by atoms with Crippen molar-refractivity contribution in [2.75, 3.05) is 11.9 Å². The normalized spacial score (nSPS) is 37.2. The van der Waals surface area contributed by atoms with Crippen LogP contribution in [0.4, 0.5) is 5.82 Å². The van der Waals surface area contributed by atoms with Crippen molar-refractivity contribution in [3.05, 3.63) is 22.8 Å². The second-order valence-corrected chi connectivity index (χ2v) is 8.85. The van der Waals surface area contributed by atoms with Crippen LogP contribution in [0.3, 0.4) is 0 Å². The van der Waals surface area contributed by atoms with Gasteiger partial charge in [-0.3, -0.25) is 13.6 Å². The first-order valence-electron chi connectivity index (χ1n) is 9.57. The third kappa shape index (κ3) is 3.73. The maximum absolute atomic E-state index is 12.0. The molecule has 1 aliphatic carbocycles. The summed E-state index contributed by atoms with van der Waals surface area (Å²) in [6.45, 7) is -0.512. The second-order valence-electron chi connectivity index (χ2n) is 7.49. The van der Waals surface area contributed by atoms with Gasteiger partial charge in [0.15, 0.2) is 23.2 Å². The van der Waals surface area contributed by atoms with Crippen LogP contribution in [-0.2, 0) is 23.2 Å². The molecule has 0 amide bonds. The molecule has 3 N–H and O–H groups in total. The molecule has 0 aromatic carbocycles. The van der Waals surface area contributed by atoms with E-state index in [1.807, 2.05) is 0 Å². The number of rotatable bonds is 6. The summed E-state index contributed by atoms with van der Waals surface area (Å²) in [5.74, 6) is 0.425. The van der Waals surface area contributed by atoms with Crippen LogP contribution in [0.25, 0.3) is 11.2 Å². The Morgan fingerprint density at radius 2 is 2.13 bits per heavy atom. The van der Waals surface area contributed by atoms with E-state index in [1.165, 1.54) is 17.2 Å². The number of fused-ring (bicyclic) bond motifs is 2. The molecule has 5 rings (SSSR count). The van der Waals surface area contributed by atoms with Crippen LogP contribution >= 0.6 is 7.82 Å². The van der Waals surface area contributed by atoms with E-state index in [4.69, 9.17) is 13.8 Å². The van der Waals surface area contributed by atoms with Gasteiger partial charge >= 0.3 is 7.82 Å². The Hall–Kier alpha value is -2.42. The monoisotopic (exact) mass is 458 g/mol. The number of hydrogen-bond acceptors (Lipinski definition) is 12. The van der Waals surface area contributed by atoms with E-state index < -0.39 is 50.2 Å². The summed E-state index contributed by atoms with van der Waals surface area (Å²) in [6.07, 6.45) is 0.465. The smallest absolute Gasteiger partial charge is 0.391 e. The zero-order chi connectivity index (χ0) is 21.8. The standard InChI is InChI=1S/C15H19N6O9P/c22-8-3-1-2-7(8)19-13-10-14(17-5-16-13)20(6-18-10)15-12-11(29-31(25,26)30-12)9(28-15)4-27-21(23)24/h5-9,11-12,15,22H,1-4H2,(H,25,26)(H,16,17,19)/t7-,8-,9-,11-,12-,15-/m1/s1. The van der Waals surface area contributed by atoms with Crippen molar-refractivity contribution >= 4 is 24.8 Å². The van der Waals surface area contributed by atoms with Crippen molar-refractivity contribution in [1.82, 2.24) is 19.5 Å². The minimum absolute atomic E-state index is 0.161. The summed E-state index contributed by atoms with van der Waals surface area (Å²) >= 11 is 0. The molecule has 0 spiro atoms. The van der Waals surface area contributed by atoms with Gasteiger partial charge in [0.2, 0.25) is 0 Å². The van der Waals surface area contributed by atoms with Gasteiger partial charge in [-0.1, -0.05) is 0 Å². The fraction of sp³-hybridized carbons (Fsp3) is 0.667. The predicted molar refractivity (Wildman–Crippen MR) is 99.0 cm³/mol. The van der Waals surface area contributed by atoms with E-state index in [9.17, 15) is 24.7 Å². The molecule has 3 aliphatic rings. The lowest BCUT2D eigenvalue weighted by Gasteiger charge is -2.19. The average molecular weight is 458 g/mol. The summed E-state index contributed by atoms with van der Waals surface area (Å²) in [4.78, 5) is 37.4. The summed E-state index contributed by atoms with van der Waals surface area (Å²) in [5.41, 5.74) is 0.741. The lowest BCUT2D eigenvalue weighted by atomic mass is 10.1. The molecule has 1 saturated carbocycles. The number of ether oxygens (including phenoxy) is 1. The van der Waals surface area contributed by atoms with Crippen molar-refractivity contribution < 1.29 is 38.3 Å². The Kier molecular flexibility index (Phi) is 5.03. The van der Waals surface area contributed by atoms with E-state index in [-0.39, 0.29) is 6.04 Å². The number of aliphatic hydroxyl groups is 1. The van der Waals surface area contributed by atoms with E-state index in [0.717, 1.165) is 12.8 Å². The molecule has 0 bridgehead atoms. The van der Waals surface area contributed by atoms with Crippen LogP contribution in [0.5, 0.6) is 0 Å². The highest BCUT2D eigenvalue weighted by Gasteiger charge is 2.58. The zero-order valence-electron chi connectivity index (χ0n) is 15.9. The molecule has 7 atom stereocenters. The number of anilines is 1. The highest BCUT2D eigenvalue weighted by atomic mass is 31.2. The highest BCUT2D eigenvalue weighted by Crippen LogP contribution is 2.58. The quantitative estimate of drug-likeness (QED) is 0.301. The molecule has 2 aromatic rings. The number of nitrogens with one attached hydrogen (secondary N) is 1. The summed E-state index contributed by atoms with van der Waals surface area (Å²) in [5, 5.41) is 22.8. The van der Waals surface area contributed by atoms with Crippen LogP contribution in [0, 0.1) is 10.1 Å². The Labute approximate surface area is 174 Å². The second kappa shape index (κ2) is 7.62. The number of nitrogens with zero attached hydrogens (tertiary/aromatic N) is 5. The zero-order valence-corrected chi connectivity index (χ0v) is 16.8. The Bertz CT molecular complexity index is 1050. The third-order valence-corrected chi connectivity index (χ3v) is 6.59. The summed E-state index contributed by atoms with van der Waals surface area (Å²) in [6, 6.07) is -0.161. The molecule has 2 aliphatic heterocycles. The molecule has 31 heavy (non-hydrogen) atoms. The van der Waals surface area contributed by atoms with Crippen LogP contribution in [0.1, 0.15) is 25.5 Å². The van der Waals surface area contributed by atoms with Crippen molar-refractivity contribution in [2.24, 2.45) is 0 Å².